The summed E-state index contributed by atoms with van der Waals surface area (Å²) < 4.78 is 0. The molecule has 3 nitrogen and oxygen atoms in total. The fourth-order valence-electron chi connectivity index (χ4n) is 3.22. The summed E-state index contributed by atoms with van der Waals surface area (Å²) >= 11 is 0. The zero-order valence-corrected chi connectivity index (χ0v) is 13.5. The van der Waals surface area contributed by atoms with Crippen molar-refractivity contribution in [3.05, 3.63) is 35.4 Å². The van der Waals surface area contributed by atoms with Gasteiger partial charge in [0.1, 0.15) is 0 Å². The third-order valence-electron chi connectivity index (χ3n) is 4.42. The molecular weight excluding hydrogens is 260 g/mol. The van der Waals surface area contributed by atoms with Crippen molar-refractivity contribution in [2.75, 3.05) is 6.54 Å². The predicted octanol–water partition coefficient (Wildman–Crippen LogP) is 3.05. The molecule has 116 valence electrons. The van der Waals surface area contributed by atoms with Crippen molar-refractivity contribution in [3.8, 4) is 0 Å². The average Bonchev–Trinajstić information content (AvgIpc) is 2.44. The number of carbonyl (C=O) groups is 1. The van der Waals surface area contributed by atoms with E-state index in [9.17, 15) is 4.79 Å². The highest BCUT2D eigenvalue weighted by Crippen LogP contribution is 2.40. The maximum Gasteiger partial charge on any atom is 0.230 e. The molecule has 0 atom stereocenters. The van der Waals surface area contributed by atoms with Crippen molar-refractivity contribution < 1.29 is 4.79 Å². The molecule has 1 aliphatic rings. The molecule has 1 aliphatic carbocycles. The molecule has 0 unspecified atom stereocenters. The van der Waals surface area contributed by atoms with E-state index in [2.05, 4.69) is 36.5 Å². The van der Waals surface area contributed by atoms with Gasteiger partial charge >= 0.3 is 0 Å². The van der Waals surface area contributed by atoms with Crippen LogP contribution in [0.4, 0.5) is 0 Å². The Balaban J connectivity index is 2.27. The van der Waals surface area contributed by atoms with Crippen LogP contribution >= 0.6 is 0 Å². The molecule has 1 fully saturated rings. The van der Waals surface area contributed by atoms with Crippen LogP contribution in [0.25, 0.3) is 0 Å². The van der Waals surface area contributed by atoms with Crippen LogP contribution in [0.3, 0.4) is 0 Å². The molecule has 0 saturated heterocycles. The Kier molecular flexibility index (Phi) is 4.72. The fraction of sp³-hybridized carbons (Fsp3) is 0.611. The van der Waals surface area contributed by atoms with Crippen molar-refractivity contribution >= 4 is 5.91 Å². The zero-order valence-electron chi connectivity index (χ0n) is 13.5. The van der Waals surface area contributed by atoms with Crippen LogP contribution in [-0.4, -0.2) is 18.0 Å². The second-order valence-corrected chi connectivity index (χ2v) is 7.18. The number of amides is 1. The molecule has 0 aromatic heterocycles. The molecule has 0 spiro atoms. The lowest BCUT2D eigenvalue weighted by atomic mass is 9.68. The predicted molar refractivity (Wildman–Crippen MR) is 87.2 cm³/mol. The van der Waals surface area contributed by atoms with Crippen LogP contribution in [0, 0.1) is 6.92 Å². The number of hydrogen-bond donors (Lipinski definition) is 2. The van der Waals surface area contributed by atoms with Gasteiger partial charge in [0, 0.05) is 12.1 Å². The van der Waals surface area contributed by atoms with Gasteiger partial charge in [-0.2, -0.15) is 0 Å². The number of aryl methyl sites for hydroxylation is 1. The highest BCUT2D eigenvalue weighted by molar-refractivity contribution is 5.88. The van der Waals surface area contributed by atoms with Crippen LogP contribution in [0.5, 0.6) is 0 Å². The molecule has 0 bridgehead atoms. The van der Waals surface area contributed by atoms with Gasteiger partial charge < -0.3 is 11.1 Å². The summed E-state index contributed by atoms with van der Waals surface area (Å²) in [5.41, 5.74) is 7.64. The Hall–Kier alpha value is -1.35. The standard InChI is InChI=1S/C18H28N2O/c1-14-8-7-9-15(12-14)18(10-5-4-6-11-18)16(21)20-13-17(2,3)19/h7-9,12H,4-6,10-11,13,19H2,1-3H3,(H,20,21). The van der Waals surface area contributed by atoms with Crippen molar-refractivity contribution in [1.82, 2.24) is 5.32 Å². The van der Waals surface area contributed by atoms with Crippen LogP contribution in [0.1, 0.15) is 57.1 Å². The van der Waals surface area contributed by atoms with Gasteiger partial charge in [0.15, 0.2) is 0 Å². The van der Waals surface area contributed by atoms with Gasteiger partial charge in [-0.25, -0.2) is 0 Å². The Morgan fingerprint density at radius 1 is 1.29 bits per heavy atom. The summed E-state index contributed by atoms with van der Waals surface area (Å²) in [6.07, 6.45) is 5.34. The number of carbonyl (C=O) groups excluding carboxylic acids is 1. The molecule has 1 saturated carbocycles. The van der Waals surface area contributed by atoms with E-state index in [1.54, 1.807) is 0 Å². The average molecular weight is 288 g/mol. The van der Waals surface area contributed by atoms with Crippen molar-refractivity contribution in [2.24, 2.45) is 5.73 Å². The van der Waals surface area contributed by atoms with E-state index in [0.717, 1.165) is 31.2 Å². The molecule has 3 heteroatoms. The summed E-state index contributed by atoms with van der Waals surface area (Å²) in [6, 6.07) is 8.41. The second-order valence-electron chi connectivity index (χ2n) is 7.18. The van der Waals surface area contributed by atoms with Crippen molar-refractivity contribution in [2.45, 2.75) is 63.8 Å². The van der Waals surface area contributed by atoms with Gasteiger partial charge in [-0.1, -0.05) is 49.1 Å². The van der Waals surface area contributed by atoms with Gasteiger partial charge in [0.2, 0.25) is 5.91 Å². The molecule has 0 radical (unpaired) electrons. The van der Waals surface area contributed by atoms with E-state index in [1.165, 1.54) is 12.0 Å². The van der Waals surface area contributed by atoms with Crippen molar-refractivity contribution in [3.63, 3.8) is 0 Å². The van der Waals surface area contributed by atoms with E-state index in [1.807, 2.05) is 13.8 Å². The minimum Gasteiger partial charge on any atom is -0.354 e. The third-order valence-corrected chi connectivity index (χ3v) is 4.42. The summed E-state index contributed by atoms with van der Waals surface area (Å²) in [6.45, 7) is 6.47. The maximum atomic E-state index is 12.9. The lowest BCUT2D eigenvalue weighted by molar-refractivity contribution is -0.128. The monoisotopic (exact) mass is 288 g/mol. The first kappa shape index (κ1) is 16.0. The van der Waals surface area contributed by atoms with Gasteiger partial charge in [-0.3, -0.25) is 4.79 Å². The summed E-state index contributed by atoms with van der Waals surface area (Å²) in [4.78, 5) is 12.9. The minimum atomic E-state index is -0.377. The van der Waals surface area contributed by atoms with Gasteiger partial charge in [-0.05, 0) is 39.2 Å². The Morgan fingerprint density at radius 2 is 1.95 bits per heavy atom. The Bertz CT molecular complexity index is 496. The van der Waals surface area contributed by atoms with Crippen LogP contribution in [-0.2, 0) is 10.2 Å². The first-order chi connectivity index (χ1) is 9.83. The smallest absolute Gasteiger partial charge is 0.230 e. The minimum absolute atomic E-state index is 0.145. The highest BCUT2D eigenvalue weighted by Gasteiger charge is 2.41. The first-order valence-electron chi connectivity index (χ1n) is 7.98. The molecule has 3 N–H and O–H groups in total. The quantitative estimate of drug-likeness (QED) is 0.894. The Labute approximate surface area is 128 Å². The first-order valence-corrected chi connectivity index (χ1v) is 7.98. The van der Waals surface area contributed by atoms with E-state index in [-0.39, 0.29) is 16.9 Å². The molecule has 2 rings (SSSR count). The number of hydrogen-bond acceptors (Lipinski definition) is 2. The highest BCUT2D eigenvalue weighted by atomic mass is 16.2. The van der Waals surface area contributed by atoms with Gasteiger partial charge in [-0.15, -0.1) is 0 Å². The van der Waals surface area contributed by atoms with Gasteiger partial charge in [0.05, 0.1) is 5.41 Å². The van der Waals surface area contributed by atoms with Crippen LogP contribution in [0.2, 0.25) is 0 Å². The zero-order chi connectivity index (χ0) is 15.5. The lowest BCUT2D eigenvalue weighted by Gasteiger charge is -2.37. The van der Waals surface area contributed by atoms with Crippen LogP contribution in [0.15, 0.2) is 24.3 Å². The number of nitrogens with two attached hydrogens (primary N) is 1. The van der Waals surface area contributed by atoms with Crippen LogP contribution < -0.4 is 11.1 Å². The summed E-state index contributed by atoms with van der Waals surface area (Å²) in [7, 11) is 0. The van der Waals surface area contributed by atoms with E-state index >= 15 is 0 Å². The topological polar surface area (TPSA) is 55.1 Å². The molecular formula is C18H28N2O. The maximum absolute atomic E-state index is 12.9. The number of rotatable bonds is 4. The summed E-state index contributed by atoms with van der Waals surface area (Å²) in [5.74, 6) is 0.145. The SMILES string of the molecule is Cc1cccc(C2(C(=O)NCC(C)(C)N)CCCCC2)c1. The largest absolute Gasteiger partial charge is 0.354 e. The lowest BCUT2D eigenvalue weighted by Crippen LogP contribution is -2.52. The van der Waals surface area contributed by atoms with E-state index < -0.39 is 0 Å². The third kappa shape index (κ3) is 3.85. The second kappa shape index (κ2) is 6.18. The molecule has 1 aromatic carbocycles. The summed E-state index contributed by atoms with van der Waals surface area (Å²) in [5, 5.41) is 3.09. The fourth-order valence-corrected chi connectivity index (χ4v) is 3.22. The van der Waals surface area contributed by atoms with E-state index in [4.69, 9.17) is 5.73 Å². The Morgan fingerprint density at radius 3 is 2.52 bits per heavy atom. The van der Waals surface area contributed by atoms with E-state index in [0.29, 0.717) is 6.54 Å². The molecule has 1 aromatic rings. The molecule has 0 aliphatic heterocycles. The van der Waals surface area contributed by atoms with Gasteiger partial charge in [0.25, 0.3) is 0 Å². The molecule has 1 amide bonds. The number of nitrogens with one attached hydrogen (secondary N) is 1. The number of benzene rings is 1. The molecule has 0 heterocycles. The van der Waals surface area contributed by atoms with Crippen molar-refractivity contribution in [1.29, 1.82) is 0 Å². The normalized spacial score (nSPS) is 18.3. The molecule has 21 heavy (non-hydrogen) atoms.